The van der Waals surface area contributed by atoms with Crippen molar-refractivity contribution in [1.82, 2.24) is 4.90 Å². The lowest BCUT2D eigenvalue weighted by Gasteiger charge is -2.33. The first-order valence-corrected chi connectivity index (χ1v) is 8.92. The molecule has 142 valence electrons. The number of hydrogen-bond donors (Lipinski definition) is 1. The number of thiocarbonyl (C=S) groups is 1. The molecule has 1 aliphatic rings. The monoisotopic (exact) mass is 380 g/mol. The number of carbonyl (C=O) groups is 2. The number of carbonyl (C=O) groups excluding carboxylic acids is 2. The van der Waals surface area contributed by atoms with Crippen LogP contribution in [0.15, 0.2) is 18.2 Å². The highest BCUT2D eigenvalue weighted by atomic mass is 32.1. The predicted molar refractivity (Wildman–Crippen MR) is 100 cm³/mol. The van der Waals surface area contributed by atoms with Gasteiger partial charge in [0.15, 0.2) is 18.1 Å². The Morgan fingerprint density at radius 3 is 2.54 bits per heavy atom. The van der Waals surface area contributed by atoms with E-state index in [0.717, 1.165) is 18.4 Å². The molecule has 1 heterocycles. The summed E-state index contributed by atoms with van der Waals surface area (Å²) in [6, 6.07) is 5.30. The number of nitrogens with two attached hydrogens (primary N) is 1. The summed E-state index contributed by atoms with van der Waals surface area (Å²) in [5.74, 6) is 0.159. The van der Waals surface area contributed by atoms with Crippen molar-refractivity contribution < 1.29 is 23.8 Å². The Morgan fingerprint density at radius 1 is 1.27 bits per heavy atom. The lowest BCUT2D eigenvalue weighted by molar-refractivity contribution is -0.149. The Morgan fingerprint density at radius 2 is 1.96 bits per heavy atom. The number of likely N-dealkylation sites (tertiary alicyclic amines) is 1. The number of benzene rings is 1. The first-order valence-electron chi connectivity index (χ1n) is 8.51. The van der Waals surface area contributed by atoms with E-state index in [4.69, 9.17) is 32.2 Å². The molecule has 0 spiro atoms. The molecule has 7 nitrogen and oxygen atoms in total. The molecule has 1 aliphatic heterocycles. The number of methoxy groups -OCH3 is 1. The standard InChI is InChI=1S/C18H24N2O5S/c1-3-24-18(22)12-6-8-20(9-7-12)17(26)13-4-5-14(15(10-13)23-2)25-11-16(19)21/h4-5,10,12H,3,6-9,11H2,1-2H3,(H2,19,21). The van der Waals surface area contributed by atoms with Gasteiger partial charge in [-0.2, -0.15) is 0 Å². The smallest absolute Gasteiger partial charge is 0.309 e. The van der Waals surface area contributed by atoms with Crippen molar-refractivity contribution in [3.05, 3.63) is 23.8 Å². The molecular formula is C18H24N2O5S. The van der Waals surface area contributed by atoms with Crippen LogP contribution in [-0.2, 0) is 14.3 Å². The predicted octanol–water partition coefficient (Wildman–Crippen LogP) is 1.51. The lowest BCUT2D eigenvalue weighted by atomic mass is 9.96. The van der Waals surface area contributed by atoms with Crippen LogP contribution >= 0.6 is 12.2 Å². The summed E-state index contributed by atoms with van der Waals surface area (Å²) < 4.78 is 15.7. The molecule has 0 bridgehead atoms. The third-order valence-corrected chi connectivity index (χ3v) is 4.68. The molecule has 0 atom stereocenters. The van der Waals surface area contributed by atoms with Crippen molar-refractivity contribution in [2.45, 2.75) is 19.8 Å². The Kier molecular flexibility index (Phi) is 7.20. The first-order chi connectivity index (χ1) is 12.5. The number of esters is 1. The SMILES string of the molecule is CCOC(=O)C1CCN(C(=S)c2ccc(OCC(N)=O)c(OC)c2)CC1. The fourth-order valence-electron chi connectivity index (χ4n) is 2.83. The van der Waals surface area contributed by atoms with E-state index < -0.39 is 5.91 Å². The molecule has 0 radical (unpaired) electrons. The van der Waals surface area contributed by atoms with Crippen LogP contribution in [0.2, 0.25) is 0 Å². The molecule has 1 aromatic rings. The number of hydrogen-bond acceptors (Lipinski definition) is 6. The number of rotatable bonds is 7. The topological polar surface area (TPSA) is 91.1 Å². The zero-order valence-corrected chi connectivity index (χ0v) is 15.8. The van der Waals surface area contributed by atoms with Crippen LogP contribution in [0.25, 0.3) is 0 Å². The van der Waals surface area contributed by atoms with Crippen molar-refractivity contribution in [2.75, 3.05) is 33.4 Å². The summed E-state index contributed by atoms with van der Waals surface area (Å²) in [6.07, 6.45) is 1.44. The minimum atomic E-state index is -0.559. The second-order valence-electron chi connectivity index (χ2n) is 5.94. The zero-order chi connectivity index (χ0) is 19.1. The van der Waals surface area contributed by atoms with E-state index in [-0.39, 0.29) is 18.5 Å². The van der Waals surface area contributed by atoms with Crippen LogP contribution in [0.3, 0.4) is 0 Å². The minimum absolute atomic E-state index is 0.0619. The van der Waals surface area contributed by atoms with Crippen LogP contribution in [-0.4, -0.2) is 55.2 Å². The van der Waals surface area contributed by atoms with Gasteiger partial charge in [-0.25, -0.2) is 0 Å². The van der Waals surface area contributed by atoms with Gasteiger partial charge in [0.2, 0.25) is 0 Å². The molecule has 2 rings (SSSR count). The van der Waals surface area contributed by atoms with E-state index in [1.165, 1.54) is 7.11 Å². The van der Waals surface area contributed by atoms with Gasteiger partial charge in [-0.15, -0.1) is 0 Å². The van der Waals surface area contributed by atoms with E-state index in [1.807, 2.05) is 13.0 Å². The zero-order valence-electron chi connectivity index (χ0n) is 15.0. The number of piperidine rings is 1. The van der Waals surface area contributed by atoms with Gasteiger partial charge in [0.1, 0.15) is 4.99 Å². The maximum Gasteiger partial charge on any atom is 0.309 e. The molecule has 2 N–H and O–H groups in total. The molecule has 1 fully saturated rings. The summed E-state index contributed by atoms with van der Waals surface area (Å²) in [5.41, 5.74) is 5.91. The minimum Gasteiger partial charge on any atom is -0.493 e. The molecule has 0 unspecified atom stereocenters. The quantitative estimate of drug-likeness (QED) is 0.566. The summed E-state index contributed by atoms with van der Waals surface area (Å²) >= 11 is 5.59. The third-order valence-electron chi connectivity index (χ3n) is 4.18. The van der Waals surface area contributed by atoms with Crippen LogP contribution in [0, 0.1) is 5.92 Å². The molecule has 0 saturated carbocycles. The van der Waals surface area contributed by atoms with Crippen LogP contribution < -0.4 is 15.2 Å². The molecule has 26 heavy (non-hydrogen) atoms. The van der Waals surface area contributed by atoms with Crippen molar-refractivity contribution in [3.63, 3.8) is 0 Å². The van der Waals surface area contributed by atoms with Gasteiger partial charge in [-0.3, -0.25) is 9.59 Å². The summed E-state index contributed by atoms with van der Waals surface area (Å²) in [7, 11) is 1.52. The molecule has 8 heteroatoms. The van der Waals surface area contributed by atoms with Crippen LogP contribution in [0.4, 0.5) is 0 Å². The Hall–Kier alpha value is -2.35. The largest absolute Gasteiger partial charge is 0.493 e. The number of amides is 1. The highest BCUT2D eigenvalue weighted by Crippen LogP contribution is 2.29. The third kappa shape index (κ3) is 5.08. The maximum absolute atomic E-state index is 11.8. The van der Waals surface area contributed by atoms with Crippen LogP contribution in [0.1, 0.15) is 25.3 Å². The van der Waals surface area contributed by atoms with E-state index >= 15 is 0 Å². The Labute approximate surface area is 158 Å². The molecule has 0 aliphatic carbocycles. The van der Waals surface area contributed by atoms with Crippen molar-refractivity contribution in [3.8, 4) is 11.5 Å². The van der Waals surface area contributed by atoms with Crippen molar-refractivity contribution >= 4 is 29.1 Å². The van der Waals surface area contributed by atoms with E-state index in [0.29, 0.717) is 36.2 Å². The molecular weight excluding hydrogens is 356 g/mol. The maximum atomic E-state index is 11.8. The summed E-state index contributed by atoms with van der Waals surface area (Å²) in [6.45, 7) is 3.39. The molecule has 1 saturated heterocycles. The fourth-order valence-corrected chi connectivity index (χ4v) is 3.14. The second kappa shape index (κ2) is 9.38. The number of nitrogens with zero attached hydrogens (tertiary/aromatic N) is 1. The lowest BCUT2D eigenvalue weighted by Crippen LogP contribution is -2.40. The van der Waals surface area contributed by atoms with Gasteiger partial charge >= 0.3 is 5.97 Å². The highest BCUT2D eigenvalue weighted by molar-refractivity contribution is 7.80. The van der Waals surface area contributed by atoms with E-state index in [1.54, 1.807) is 12.1 Å². The number of primary amides is 1. The number of ether oxygens (including phenoxy) is 3. The van der Waals surface area contributed by atoms with E-state index in [2.05, 4.69) is 4.90 Å². The van der Waals surface area contributed by atoms with E-state index in [9.17, 15) is 9.59 Å². The van der Waals surface area contributed by atoms with Gasteiger partial charge in [0.05, 0.1) is 19.6 Å². The van der Waals surface area contributed by atoms with Gasteiger partial charge in [-0.05, 0) is 38.0 Å². The Bertz CT molecular complexity index is 672. The van der Waals surface area contributed by atoms with Crippen molar-refractivity contribution in [2.24, 2.45) is 11.7 Å². The van der Waals surface area contributed by atoms with Gasteiger partial charge in [0, 0.05) is 18.7 Å². The van der Waals surface area contributed by atoms with Crippen LogP contribution in [0.5, 0.6) is 11.5 Å². The van der Waals surface area contributed by atoms with Gasteiger partial charge < -0.3 is 24.8 Å². The van der Waals surface area contributed by atoms with Gasteiger partial charge in [-0.1, -0.05) is 12.2 Å². The molecule has 1 aromatic carbocycles. The van der Waals surface area contributed by atoms with Crippen molar-refractivity contribution in [1.29, 1.82) is 0 Å². The summed E-state index contributed by atoms with van der Waals surface area (Å²) in [4.78, 5) is 25.5. The average molecular weight is 380 g/mol. The average Bonchev–Trinajstić information content (AvgIpc) is 2.65. The molecule has 1 amide bonds. The summed E-state index contributed by atoms with van der Waals surface area (Å²) in [5, 5.41) is 0. The highest BCUT2D eigenvalue weighted by Gasteiger charge is 2.27. The Balaban J connectivity index is 2.01. The van der Waals surface area contributed by atoms with Gasteiger partial charge in [0.25, 0.3) is 5.91 Å². The first kappa shape index (κ1) is 20.0. The fraction of sp³-hybridized carbons (Fsp3) is 0.500. The normalized spacial score (nSPS) is 14.6. The second-order valence-corrected chi connectivity index (χ2v) is 6.33. The molecule has 0 aromatic heterocycles.